The van der Waals surface area contributed by atoms with E-state index in [9.17, 15) is 5.11 Å². The number of aliphatic hydroxyl groups excluding tert-OH is 2. The first-order chi connectivity index (χ1) is 4.55. The van der Waals surface area contributed by atoms with E-state index in [1.807, 2.05) is 22.6 Å². The molecule has 1 aliphatic rings. The monoisotopic (exact) mass is 322 g/mol. The van der Waals surface area contributed by atoms with Gasteiger partial charge in [0.05, 0.1) is 12.7 Å². The Balaban J connectivity index is 2.52. The maximum Gasteiger partial charge on any atom is 0.176 e. The minimum Gasteiger partial charge on any atom is -0.394 e. The van der Waals surface area contributed by atoms with Crippen molar-refractivity contribution in [2.45, 2.75) is 21.1 Å². The van der Waals surface area contributed by atoms with Gasteiger partial charge in [-0.15, -0.1) is 0 Å². The molecule has 3 nitrogen and oxygen atoms in total. The van der Waals surface area contributed by atoms with Crippen LogP contribution in [0, 0.1) is 0 Å². The Morgan fingerprint density at radius 1 is 1.80 bits per heavy atom. The van der Waals surface area contributed by atoms with Crippen molar-refractivity contribution in [2.24, 2.45) is 0 Å². The van der Waals surface area contributed by atoms with Crippen LogP contribution in [-0.4, -0.2) is 31.5 Å². The number of aliphatic hydroxyl groups is 2. The second-order valence-electron chi connectivity index (χ2n) is 2.25. The van der Waals surface area contributed by atoms with Crippen molar-refractivity contribution in [1.29, 1.82) is 0 Å². The number of rotatable bonds is 1. The first kappa shape index (κ1) is 9.18. The van der Waals surface area contributed by atoms with E-state index in [0.717, 1.165) is 0 Å². The molecule has 1 unspecified atom stereocenters. The van der Waals surface area contributed by atoms with Crippen molar-refractivity contribution in [3.05, 3.63) is 0 Å². The van der Waals surface area contributed by atoms with Crippen LogP contribution < -0.4 is 0 Å². The third kappa shape index (κ3) is 2.04. The summed E-state index contributed by atoms with van der Waals surface area (Å²) in [5, 5.41) is 17.9. The molecule has 0 bridgehead atoms. The number of halogens is 2. The molecule has 0 saturated carbocycles. The van der Waals surface area contributed by atoms with Gasteiger partial charge in [-0.1, -0.05) is 0 Å². The minimum absolute atomic E-state index is 0.127. The molecule has 0 aliphatic carbocycles. The molecule has 1 fully saturated rings. The predicted molar refractivity (Wildman–Crippen MR) is 48.3 cm³/mol. The fraction of sp³-hybridized carbons (Fsp3) is 1.00. The highest BCUT2D eigenvalue weighted by atomic mass is 127. The van der Waals surface area contributed by atoms with Gasteiger partial charge in [-0.3, -0.25) is 0 Å². The maximum atomic E-state index is 9.20. The van der Waals surface area contributed by atoms with Crippen molar-refractivity contribution < 1.29 is 14.9 Å². The molecule has 0 aromatic heterocycles. The third-order valence-corrected chi connectivity index (χ3v) is 2.58. The fourth-order valence-electron chi connectivity index (χ4n) is 0.882. The predicted octanol–water partition coefficient (Wildman–Crippen LogP) is 0.612. The van der Waals surface area contributed by atoms with Gasteiger partial charge < -0.3 is 14.9 Å². The lowest BCUT2D eigenvalue weighted by atomic mass is 10.2. The van der Waals surface area contributed by atoms with Gasteiger partial charge in [-0.25, -0.2) is 0 Å². The van der Waals surface area contributed by atoms with Crippen LogP contribution >= 0.6 is 38.5 Å². The molecule has 1 heterocycles. The second kappa shape index (κ2) is 3.22. The maximum absolute atomic E-state index is 9.20. The zero-order valence-corrected chi connectivity index (χ0v) is 8.87. The summed E-state index contributed by atoms with van der Waals surface area (Å²) in [6.45, 7) is -0.127. The van der Waals surface area contributed by atoms with Gasteiger partial charge in [0.1, 0.15) is 6.10 Å². The summed E-state index contributed by atoms with van der Waals surface area (Å²) in [5.74, 6) is 0. The van der Waals surface area contributed by atoms with Crippen LogP contribution in [0.5, 0.6) is 0 Å². The van der Waals surface area contributed by atoms with E-state index in [-0.39, 0.29) is 6.61 Å². The molecule has 0 spiro atoms. The number of hydrogen-bond acceptors (Lipinski definition) is 3. The normalized spacial score (nSPS) is 48.0. The van der Waals surface area contributed by atoms with E-state index in [0.29, 0.717) is 6.42 Å². The van der Waals surface area contributed by atoms with Crippen LogP contribution in [0.15, 0.2) is 0 Å². The zero-order valence-electron chi connectivity index (χ0n) is 5.13. The highest BCUT2D eigenvalue weighted by Gasteiger charge is 2.41. The van der Waals surface area contributed by atoms with E-state index in [4.69, 9.17) is 9.84 Å². The lowest BCUT2D eigenvalue weighted by molar-refractivity contribution is -0.00454. The molecule has 2 N–H and O–H groups in total. The summed E-state index contributed by atoms with van der Waals surface area (Å²) in [5.41, 5.74) is 0. The Kier molecular flexibility index (Phi) is 2.96. The number of hydrogen-bond donors (Lipinski definition) is 2. The average molecular weight is 323 g/mol. The summed E-state index contributed by atoms with van der Waals surface area (Å²) in [6, 6.07) is 0. The largest absolute Gasteiger partial charge is 0.394 e. The number of alkyl halides is 2. The molecule has 0 aromatic carbocycles. The van der Waals surface area contributed by atoms with Crippen LogP contribution in [-0.2, 0) is 4.74 Å². The van der Waals surface area contributed by atoms with E-state index in [2.05, 4.69) is 15.9 Å². The lowest BCUT2D eigenvalue weighted by Gasteiger charge is -2.12. The smallest absolute Gasteiger partial charge is 0.176 e. The standard InChI is InChI=1S/C5H8BrIO3/c6-5(7)1-3(9)4(2-8)10-5/h3-4,8-9H,1-2H2/t3-,4+,5?/m0/s1. The zero-order chi connectivity index (χ0) is 7.78. The van der Waals surface area contributed by atoms with Crippen LogP contribution in [0.4, 0.5) is 0 Å². The van der Waals surface area contributed by atoms with Gasteiger partial charge in [-0.05, 0) is 38.5 Å². The van der Waals surface area contributed by atoms with Crippen LogP contribution in [0.3, 0.4) is 0 Å². The Labute approximate surface area is 81.0 Å². The molecule has 0 amide bonds. The van der Waals surface area contributed by atoms with Crippen LogP contribution in [0.1, 0.15) is 6.42 Å². The molecule has 1 rings (SSSR count). The fourth-order valence-corrected chi connectivity index (χ4v) is 2.23. The first-order valence-corrected chi connectivity index (χ1v) is 4.77. The molecular formula is C5H8BrIO3. The third-order valence-electron chi connectivity index (χ3n) is 1.38. The summed E-state index contributed by atoms with van der Waals surface area (Å²) >= 11 is 5.30. The summed E-state index contributed by atoms with van der Waals surface area (Å²) < 4.78 is 4.72. The Bertz CT molecular complexity index is 130. The van der Waals surface area contributed by atoms with Gasteiger partial charge in [0.25, 0.3) is 0 Å². The van der Waals surface area contributed by atoms with Gasteiger partial charge in [0.15, 0.2) is 2.52 Å². The molecule has 5 heteroatoms. The van der Waals surface area contributed by atoms with Crippen molar-refractivity contribution >= 4 is 38.5 Å². The Morgan fingerprint density at radius 3 is 2.60 bits per heavy atom. The molecule has 0 radical (unpaired) electrons. The van der Waals surface area contributed by atoms with Crippen molar-refractivity contribution in [1.82, 2.24) is 0 Å². The van der Waals surface area contributed by atoms with Crippen LogP contribution in [0.2, 0.25) is 0 Å². The van der Waals surface area contributed by atoms with Gasteiger partial charge in [0, 0.05) is 6.42 Å². The van der Waals surface area contributed by atoms with Crippen LogP contribution in [0.25, 0.3) is 0 Å². The van der Waals surface area contributed by atoms with Crippen molar-refractivity contribution in [3.8, 4) is 0 Å². The van der Waals surface area contributed by atoms with Gasteiger partial charge >= 0.3 is 0 Å². The van der Waals surface area contributed by atoms with Crippen molar-refractivity contribution in [2.75, 3.05) is 6.61 Å². The Hall–Kier alpha value is 1.09. The summed E-state index contributed by atoms with van der Waals surface area (Å²) in [6.07, 6.45) is -0.476. The lowest BCUT2D eigenvalue weighted by Crippen LogP contribution is -2.24. The second-order valence-corrected chi connectivity index (χ2v) is 6.75. The van der Waals surface area contributed by atoms with Crippen molar-refractivity contribution in [3.63, 3.8) is 0 Å². The molecule has 1 saturated heterocycles. The van der Waals surface area contributed by atoms with Gasteiger partial charge in [0.2, 0.25) is 0 Å². The van der Waals surface area contributed by atoms with E-state index in [1.165, 1.54) is 0 Å². The summed E-state index contributed by atoms with van der Waals surface area (Å²) in [7, 11) is 0. The van der Waals surface area contributed by atoms with E-state index < -0.39 is 14.7 Å². The molecule has 0 aromatic rings. The Morgan fingerprint density at radius 2 is 2.40 bits per heavy atom. The van der Waals surface area contributed by atoms with E-state index >= 15 is 0 Å². The van der Waals surface area contributed by atoms with E-state index in [1.54, 1.807) is 0 Å². The molecule has 10 heavy (non-hydrogen) atoms. The number of ether oxygens (including phenoxy) is 1. The highest BCUT2D eigenvalue weighted by molar-refractivity contribution is 14.1. The molecule has 60 valence electrons. The molecular weight excluding hydrogens is 315 g/mol. The molecule has 3 atom stereocenters. The molecule has 1 aliphatic heterocycles. The average Bonchev–Trinajstić information content (AvgIpc) is 2.05. The minimum atomic E-state index is -0.554. The summed E-state index contributed by atoms with van der Waals surface area (Å²) in [4.78, 5) is 0. The highest BCUT2D eigenvalue weighted by Crippen LogP contribution is 2.41. The SMILES string of the molecule is OC[C@H]1OC(Br)(I)C[C@@H]1O. The quantitative estimate of drug-likeness (QED) is 0.549. The topological polar surface area (TPSA) is 49.7 Å². The van der Waals surface area contributed by atoms with Gasteiger partial charge in [-0.2, -0.15) is 0 Å². The first-order valence-electron chi connectivity index (χ1n) is 2.90.